The summed E-state index contributed by atoms with van der Waals surface area (Å²) < 4.78 is 39.4. The van der Waals surface area contributed by atoms with Crippen molar-refractivity contribution >= 4 is 23.0 Å². The normalized spacial score (nSPS) is 14.2. The molecule has 2 N–H and O–H groups in total. The molecule has 39 heavy (non-hydrogen) atoms. The molecule has 202 valence electrons. The Bertz CT molecular complexity index is 1480. The number of halogens is 3. The number of pyridine rings is 1. The number of likely N-dealkylation sites (N-methyl/N-ethyl adjacent to an activating group) is 1. The molecular formula is C28H28F3N7O. The van der Waals surface area contributed by atoms with Crippen LogP contribution in [0.3, 0.4) is 0 Å². The Labute approximate surface area is 224 Å². The molecule has 0 unspecified atom stereocenters. The van der Waals surface area contributed by atoms with E-state index in [0.717, 1.165) is 42.8 Å². The summed E-state index contributed by atoms with van der Waals surface area (Å²) in [7, 11) is 3.65. The molecule has 0 radical (unpaired) electrons. The highest BCUT2D eigenvalue weighted by atomic mass is 19.4. The highest BCUT2D eigenvalue weighted by Crippen LogP contribution is 2.34. The van der Waals surface area contributed by atoms with Gasteiger partial charge in [-0.25, -0.2) is 15.0 Å². The number of nitrogens with zero attached hydrogens (tertiary/aromatic N) is 5. The van der Waals surface area contributed by atoms with Gasteiger partial charge in [0.1, 0.15) is 11.3 Å². The molecule has 0 bridgehead atoms. The second-order valence-electron chi connectivity index (χ2n) is 9.01. The SMILES string of the molecule is CNc1ccc(CN2CCN(C)CC2)c(C(F)(F)F)c1.O=Cc1ccnc(C#Cc2cnc3[nH]ccc3c2)n1. The van der Waals surface area contributed by atoms with Crippen molar-refractivity contribution in [3.05, 3.63) is 83.2 Å². The first-order chi connectivity index (χ1) is 18.7. The zero-order chi connectivity index (χ0) is 27.8. The number of rotatable bonds is 4. The average molecular weight is 536 g/mol. The van der Waals surface area contributed by atoms with Crippen LogP contribution in [-0.4, -0.2) is 76.3 Å². The fraction of sp³-hybridized carbons (Fsp3) is 0.286. The van der Waals surface area contributed by atoms with E-state index in [0.29, 0.717) is 35.6 Å². The van der Waals surface area contributed by atoms with Gasteiger partial charge in [-0.3, -0.25) is 9.69 Å². The zero-order valence-corrected chi connectivity index (χ0v) is 21.6. The Balaban J connectivity index is 0.000000181. The van der Waals surface area contributed by atoms with Gasteiger partial charge >= 0.3 is 6.18 Å². The predicted octanol–water partition coefficient (Wildman–Crippen LogP) is 4.06. The molecule has 0 spiro atoms. The number of nitrogens with one attached hydrogen (secondary N) is 2. The van der Waals surface area contributed by atoms with Crippen LogP contribution in [0.15, 0.2) is 55.0 Å². The molecule has 0 atom stereocenters. The maximum absolute atomic E-state index is 13.1. The minimum atomic E-state index is -4.31. The number of hydrogen-bond donors (Lipinski definition) is 2. The molecule has 4 heterocycles. The number of H-pyrrole nitrogens is 1. The monoisotopic (exact) mass is 535 g/mol. The molecule has 1 aromatic carbocycles. The van der Waals surface area contributed by atoms with Crippen LogP contribution >= 0.6 is 0 Å². The third-order valence-electron chi connectivity index (χ3n) is 6.21. The Morgan fingerprint density at radius 1 is 1.08 bits per heavy atom. The molecule has 1 saturated heterocycles. The molecule has 5 rings (SSSR count). The van der Waals surface area contributed by atoms with E-state index in [1.807, 2.05) is 25.4 Å². The van der Waals surface area contributed by atoms with Gasteiger partial charge < -0.3 is 15.2 Å². The van der Waals surface area contributed by atoms with Gasteiger partial charge in [0.25, 0.3) is 0 Å². The van der Waals surface area contributed by atoms with E-state index in [1.165, 1.54) is 18.3 Å². The standard InChI is InChI=1S/C14H20F3N3.C14H8N4O/c1-18-12-4-3-11(13(9-12)14(15,16)17)10-20-7-5-19(2)6-8-20;19-9-12-4-6-15-13(18-12)2-1-10-7-11-3-5-16-14(11)17-8-10/h3-4,9,18H,5-8,10H2,1-2H3;3-9H,(H,16,17). The minimum absolute atomic E-state index is 0.318. The van der Waals surface area contributed by atoms with Gasteiger partial charge in [-0.1, -0.05) is 12.0 Å². The predicted molar refractivity (Wildman–Crippen MR) is 143 cm³/mol. The smallest absolute Gasteiger partial charge is 0.388 e. The molecule has 11 heteroatoms. The Morgan fingerprint density at radius 2 is 1.87 bits per heavy atom. The number of carbonyl (C=O) groups is 1. The van der Waals surface area contributed by atoms with E-state index in [9.17, 15) is 18.0 Å². The van der Waals surface area contributed by atoms with Crippen LogP contribution in [0.25, 0.3) is 11.0 Å². The molecule has 0 aliphatic carbocycles. The molecule has 0 amide bonds. The molecule has 0 saturated carbocycles. The number of aromatic nitrogens is 4. The average Bonchev–Trinajstić information content (AvgIpc) is 3.41. The van der Waals surface area contributed by atoms with Crippen LogP contribution < -0.4 is 5.32 Å². The molecule has 1 aliphatic rings. The van der Waals surface area contributed by atoms with E-state index >= 15 is 0 Å². The van der Waals surface area contributed by atoms with Crippen molar-refractivity contribution in [3.63, 3.8) is 0 Å². The number of piperazine rings is 1. The van der Waals surface area contributed by atoms with Crippen molar-refractivity contribution in [1.82, 2.24) is 29.7 Å². The van der Waals surface area contributed by atoms with Gasteiger partial charge in [-0.15, -0.1) is 0 Å². The summed E-state index contributed by atoms with van der Waals surface area (Å²) >= 11 is 0. The molecule has 3 aromatic heterocycles. The summed E-state index contributed by atoms with van der Waals surface area (Å²) in [6.45, 7) is 3.77. The van der Waals surface area contributed by atoms with Crippen LogP contribution in [0.5, 0.6) is 0 Å². The lowest BCUT2D eigenvalue weighted by atomic mass is 10.0. The van der Waals surface area contributed by atoms with E-state index in [2.05, 4.69) is 46.9 Å². The zero-order valence-electron chi connectivity index (χ0n) is 21.6. The second-order valence-corrected chi connectivity index (χ2v) is 9.01. The summed E-state index contributed by atoms with van der Waals surface area (Å²) in [5, 5.41) is 3.75. The molecule has 1 fully saturated rings. The largest absolute Gasteiger partial charge is 0.416 e. The third kappa shape index (κ3) is 7.63. The van der Waals surface area contributed by atoms with Crippen molar-refractivity contribution in [3.8, 4) is 11.8 Å². The molecule has 8 nitrogen and oxygen atoms in total. The van der Waals surface area contributed by atoms with Crippen molar-refractivity contribution < 1.29 is 18.0 Å². The minimum Gasteiger partial charge on any atom is -0.388 e. The summed E-state index contributed by atoms with van der Waals surface area (Å²) in [4.78, 5) is 30.1. The number of aromatic amines is 1. The number of aldehydes is 1. The number of carbonyl (C=O) groups excluding carboxylic acids is 1. The van der Waals surface area contributed by atoms with E-state index in [1.54, 1.807) is 25.4 Å². The summed E-state index contributed by atoms with van der Waals surface area (Å²) in [5.41, 5.74) is 2.21. The molecule has 4 aromatic rings. The van der Waals surface area contributed by atoms with Crippen LogP contribution in [0.4, 0.5) is 18.9 Å². The number of fused-ring (bicyclic) bond motifs is 1. The van der Waals surface area contributed by atoms with E-state index in [-0.39, 0.29) is 0 Å². The summed E-state index contributed by atoms with van der Waals surface area (Å²) in [6.07, 6.45) is 1.37. The maximum Gasteiger partial charge on any atom is 0.416 e. The number of anilines is 1. The lowest BCUT2D eigenvalue weighted by Crippen LogP contribution is -2.44. The summed E-state index contributed by atoms with van der Waals surface area (Å²) in [6, 6.07) is 9.84. The van der Waals surface area contributed by atoms with Crippen molar-refractivity contribution in [2.75, 3.05) is 45.6 Å². The second kappa shape index (κ2) is 12.5. The summed E-state index contributed by atoms with van der Waals surface area (Å²) in [5.74, 6) is 6.06. The lowest BCUT2D eigenvalue weighted by Gasteiger charge is -2.33. The first-order valence-electron chi connectivity index (χ1n) is 12.3. The van der Waals surface area contributed by atoms with Crippen molar-refractivity contribution in [2.24, 2.45) is 0 Å². The fourth-order valence-corrected chi connectivity index (χ4v) is 4.02. The third-order valence-corrected chi connectivity index (χ3v) is 6.21. The van der Waals surface area contributed by atoms with Gasteiger partial charge in [-0.2, -0.15) is 13.2 Å². The Kier molecular flexibility index (Phi) is 8.91. The Morgan fingerprint density at radius 3 is 2.59 bits per heavy atom. The fourth-order valence-electron chi connectivity index (χ4n) is 4.02. The molecule has 1 aliphatic heterocycles. The van der Waals surface area contributed by atoms with E-state index < -0.39 is 11.7 Å². The quantitative estimate of drug-likeness (QED) is 0.301. The number of alkyl halides is 3. The van der Waals surface area contributed by atoms with Gasteiger partial charge in [0.15, 0.2) is 6.29 Å². The first-order valence-corrected chi connectivity index (χ1v) is 12.3. The van der Waals surface area contributed by atoms with Crippen LogP contribution in [0, 0.1) is 11.8 Å². The van der Waals surface area contributed by atoms with Crippen molar-refractivity contribution in [1.29, 1.82) is 0 Å². The highest BCUT2D eigenvalue weighted by Gasteiger charge is 2.34. The first kappa shape index (κ1) is 27.8. The lowest BCUT2D eigenvalue weighted by molar-refractivity contribution is -0.138. The van der Waals surface area contributed by atoms with Crippen molar-refractivity contribution in [2.45, 2.75) is 12.7 Å². The van der Waals surface area contributed by atoms with Gasteiger partial charge in [0.05, 0.1) is 5.56 Å². The van der Waals surface area contributed by atoms with Gasteiger partial charge in [-0.05, 0) is 48.9 Å². The van der Waals surface area contributed by atoms with Crippen LogP contribution in [0.1, 0.15) is 33.0 Å². The van der Waals surface area contributed by atoms with Gasteiger partial charge in [0, 0.05) is 75.0 Å². The molecular weight excluding hydrogens is 507 g/mol. The highest BCUT2D eigenvalue weighted by molar-refractivity contribution is 5.76. The maximum atomic E-state index is 13.1. The number of benzene rings is 1. The van der Waals surface area contributed by atoms with E-state index in [4.69, 9.17) is 0 Å². The van der Waals surface area contributed by atoms with Gasteiger partial charge in [0.2, 0.25) is 5.82 Å². The Hall–Kier alpha value is -4.27. The van der Waals surface area contributed by atoms with Crippen LogP contribution in [0.2, 0.25) is 0 Å². The van der Waals surface area contributed by atoms with Crippen LogP contribution in [-0.2, 0) is 12.7 Å². The topological polar surface area (TPSA) is 90.0 Å². The number of hydrogen-bond acceptors (Lipinski definition) is 7.